The number of hydrogen-bond acceptors (Lipinski definition) is 2. The minimum Gasteiger partial charge on any atom is -0.307 e. The Hall–Kier alpha value is -2.44. The molecule has 0 atom stereocenters. The third-order valence-corrected chi connectivity index (χ3v) is 3.10. The summed E-state index contributed by atoms with van der Waals surface area (Å²) in [7, 11) is 0. The summed E-state index contributed by atoms with van der Waals surface area (Å²) in [5.74, 6) is -1.07. The fraction of sp³-hybridized carbons (Fsp3) is 0.200. The van der Waals surface area contributed by atoms with E-state index in [0.29, 0.717) is 16.8 Å². The van der Waals surface area contributed by atoms with Crippen LogP contribution in [0.15, 0.2) is 41.3 Å². The molecule has 1 aromatic heterocycles. The van der Waals surface area contributed by atoms with Crippen molar-refractivity contribution in [3.63, 3.8) is 0 Å². The van der Waals surface area contributed by atoms with Gasteiger partial charge in [0, 0.05) is 17.8 Å². The van der Waals surface area contributed by atoms with Crippen LogP contribution in [0.5, 0.6) is 0 Å². The fourth-order valence-corrected chi connectivity index (χ4v) is 1.89. The number of hydrogen-bond donors (Lipinski definition) is 0. The number of aryl methyl sites for hydroxylation is 1. The van der Waals surface area contributed by atoms with E-state index in [0.717, 1.165) is 12.1 Å². The molecule has 0 bridgehead atoms. The average molecular weight is 313 g/mol. The van der Waals surface area contributed by atoms with E-state index in [2.05, 4.69) is 0 Å². The molecule has 0 fully saturated rings. The summed E-state index contributed by atoms with van der Waals surface area (Å²) in [6, 6.07) is 5.02. The molecule has 0 saturated heterocycles. The Kier molecular flexibility index (Phi) is 4.16. The molecule has 22 heavy (non-hydrogen) atoms. The van der Waals surface area contributed by atoms with Crippen LogP contribution >= 0.6 is 0 Å². The van der Waals surface area contributed by atoms with E-state index in [1.165, 1.54) is 19.1 Å². The summed E-state index contributed by atoms with van der Waals surface area (Å²) in [6.07, 6.45) is -4.01. The summed E-state index contributed by atoms with van der Waals surface area (Å²) >= 11 is 0. The molecule has 7 heteroatoms. The molecular weight excluding hydrogens is 302 g/mol. The second kappa shape index (κ2) is 5.75. The number of aromatic nitrogens is 1. The smallest absolute Gasteiger partial charge is 0.307 e. The highest BCUT2D eigenvalue weighted by Gasteiger charge is 2.31. The van der Waals surface area contributed by atoms with Crippen LogP contribution in [0.2, 0.25) is 0 Å². The topological polar surface area (TPSA) is 39.1 Å². The average Bonchev–Trinajstić information content (AvgIpc) is 2.43. The molecular formula is C15H11F4NO2. The van der Waals surface area contributed by atoms with Gasteiger partial charge < -0.3 is 4.57 Å². The van der Waals surface area contributed by atoms with Crippen molar-refractivity contribution in [1.29, 1.82) is 0 Å². The van der Waals surface area contributed by atoms with Crippen LogP contribution in [0, 0.1) is 12.7 Å². The molecule has 0 spiro atoms. The zero-order chi connectivity index (χ0) is 16.5. The molecule has 0 radical (unpaired) electrons. The van der Waals surface area contributed by atoms with Gasteiger partial charge in [-0.1, -0.05) is 0 Å². The van der Waals surface area contributed by atoms with Crippen LogP contribution in [-0.2, 0) is 12.7 Å². The van der Waals surface area contributed by atoms with Crippen molar-refractivity contribution in [3.05, 3.63) is 69.4 Å². The highest BCUT2D eigenvalue weighted by molar-refractivity contribution is 5.96. The lowest BCUT2D eigenvalue weighted by Gasteiger charge is -2.10. The Morgan fingerprint density at radius 1 is 1.18 bits per heavy atom. The number of carbonyl (C=O) groups excluding carboxylic acids is 1. The van der Waals surface area contributed by atoms with E-state index < -0.39 is 35.4 Å². The van der Waals surface area contributed by atoms with Crippen molar-refractivity contribution in [3.8, 4) is 0 Å². The first kappa shape index (κ1) is 15.9. The second-order valence-corrected chi connectivity index (χ2v) is 4.77. The van der Waals surface area contributed by atoms with Crippen molar-refractivity contribution in [1.82, 2.24) is 4.57 Å². The molecule has 0 aliphatic carbocycles. The quantitative estimate of drug-likeness (QED) is 0.645. The molecule has 0 aliphatic rings. The van der Waals surface area contributed by atoms with Gasteiger partial charge in [0.1, 0.15) is 5.82 Å². The number of benzene rings is 1. The molecule has 3 nitrogen and oxygen atoms in total. The molecule has 0 N–H and O–H groups in total. The first-order valence-electron chi connectivity index (χ1n) is 6.25. The molecule has 2 aromatic rings. The highest BCUT2D eigenvalue weighted by Crippen LogP contribution is 2.28. The zero-order valence-electron chi connectivity index (χ0n) is 11.4. The monoisotopic (exact) mass is 313 g/mol. The van der Waals surface area contributed by atoms with Crippen LogP contribution < -0.4 is 5.56 Å². The maximum absolute atomic E-state index is 13.1. The SMILES string of the molecule is Cc1cc(C(=O)Cn2cc(C(F)(F)F)ccc2=O)ccc1F. The van der Waals surface area contributed by atoms with Crippen molar-refractivity contribution in [2.75, 3.05) is 0 Å². The Morgan fingerprint density at radius 2 is 1.86 bits per heavy atom. The first-order valence-corrected chi connectivity index (χ1v) is 6.25. The van der Waals surface area contributed by atoms with Crippen molar-refractivity contribution >= 4 is 5.78 Å². The van der Waals surface area contributed by atoms with Gasteiger partial charge in [0.25, 0.3) is 5.56 Å². The van der Waals surface area contributed by atoms with Gasteiger partial charge in [0.05, 0.1) is 12.1 Å². The largest absolute Gasteiger partial charge is 0.417 e. The van der Waals surface area contributed by atoms with Crippen LogP contribution in [0.1, 0.15) is 21.5 Å². The number of rotatable bonds is 3. The van der Waals surface area contributed by atoms with E-state index in [1.54, 1.807) is 0 Å². The first-order chi connectivity index (χ1) is 10.2. The van der Waals surface area contributed by atoms with Gasteiger partial charge in [0.2, 0.25) is 0 Å². The standard InChI is InChI=1S/C15H11F4NO2/c1-9-6-10(2-4-12(9)16)13(21)8-20-7-11(15(17,18)19)3-5-14(20)22/h2-7H,8H2,1H3. The molecule has 0 saturated carbocycles. The number of ketones is 1. The highest BCUT2D eigenvalue weighted by atomic mass is 19.4. The lowest BCUT2D eigenvalue weighted by atomic mass is 10.1. The molecule has 2 rings (SSSR count). The molecule has 0 aliphatic heterocycles. The predicted octanol–water partition coefficient (Wildman–Crippen LogP) is 3.20. The van der Waals surface area contributed by atoms with Crippen molar-refractivity contribution < 1.29 is 22.4 Å². The number of Topliss-reactive ketones (excluding diaryl/α,β-unsaturated/α-hetero) is 1. The van der Waals surface area contributed by atoms with Gasteiger partial charge in [-0.3, -0.25) is 9.59 Å². The van der Waals surface area contributed by atoms with Crippen molar-refractivity contribution in [2.45, 2.75) is 19.6 Å². The van der Waals surface area contributed by atoms with Crippen molar-refractivity contribution in [2.24, 2.45) is 0 Å². The minimum absolute atomic E-state index is 0.128. The third-order valence-electron chi connectivity index (χ3n) is 3.10. The molecule has 1 aromatic carbocycles. The van der Waals surface area contributed by atoms with Crippen LogP contribution in [0.4, 0.5) is 17.6 Å². The van der Waals surface area contributed by atoms with E-state index in [4.69, 9.17) is 0 Å². The van der Waals surface area contributed by atoms with Gasteiger partial charge >= 0.3 is 6.18 Å². The summed E-state index contributed by atoms with van der Waals surface area (Å²) in [5.41, 5.74) is -1.37. The van der Waals surface area contributed by atoms with Gasteiger partial charge in [-0.05, 0) is 36.8 Å². The zero-order valence-corrected chi connectivity index (χ0v) is 11.4. The van der Waals surface area contributed by atoms with Crippen LogP contribution in [-0.4, -0.2) is 10.4 Å². The number of carbonyl (C=O) groups is 1. The molecule has 0 amide bonds. The summed E-state index contributed by atoms with van der Waals surface area (Å²) in [5, 5.41) is 0. The predicted molar refractivity (Wildman–Crippen MR) is 71.2 cm³/mol. The Labute approximate surface area is 122 Å². The van der Waals surface area contributed by atoms with Crippen LogP contribution in [0.3, 0.4) is 0 Å². The van der Waals surface area contributed by atoms with Gasteiger partial charge in [-0.25, -0.2) is 4.39 Å². The van der Waals surface area contributed by atoms with E-state index in [1.807, 2.05) is 0 Å². The van der Waals surface area contributed by atoms with E-state index >= 15 is 0 Å². The third kappa shape index (κ3) is 3.41. The number of halogens is 4. The number of alkyl halides is 3. The number of pyridine rings is 1. The molecule has 1 heterocycles. The fourth-order valence-electron chi connectivity index (χ4n) is 1.89. The normalized spacial score (nSPS) is 11.5. The van der Waals surface area contributed by atoms with Gasteiger partial charge in [-0.15, -0.1) is 0 Å². The molecule has 116 valence electrons. The van der Waals surface area contributed by atoms with Gasteiger partial charge in [0.15, 0.2) is 5.78 Å². The Balaban J connectivity index is 2.32. The Bertz CT molecular complexity index is 778. The van der Waals surface area contributed by atoms with Crippen LogP contribution in [0.25, 0.3) is 0 Å². The lowest BCUT2D eigenvalue weighted by molar-refractivity contribution is -0.138. The van der Waals surface area contributed by atoms with Gasteiger partial charge in [-0.2, -0.15) is 13.2 Å². The van der Waals surface area contributed by atoms with E-state index in [-0.39, 0.29) is 11.1 Å². The lowest BCUT2D eigenvalue weighted by Crippen LogP contribution is -2.25. The summed E-state index contributed by atoms with van der Waals surface area (Å²) < 4.78 is 51.7. The maximum atomic E-state index is 13.1. The summed E-state index contributed by atoms with van der Waals surface area (Å²) in [4.78, 5) is 23.6. The summed E-state index contributed by atoms with van der Waals surface area (Å²) in [6.45, 7) is 0.913. The maximum Gasteiger partial charge on any atom is 0.417 e. The number of nitrogens with zero attached hydrogens (tertiary/aromatic N) is 1. The molecule has 0 unspecified atom stereocenters. The second-order valence-electron chi connectivity index (χ2n) is 4.77. The Morgan fingerprint density at radius 3 is 2.45 bits per heavy atom. The van der Waals surface area contributed by atoms with E-state index in [9.17, 15) is 27.2 Å². The minimum atomic E-state index is -4.61.